The molecule has 6 heteroatoms. The molecule has 0 amide bonds. The maximum Gasteiger partial charge on any atom is 0.168 e. The van der Waals surface area contributed by atoms with Gasteiger partial charge in [0.15, 0.2) is 15.4 Å². The second kappa shape index (κ2) is 4.92. The molecule has 1 heterocycles. The Morgan fingerprint density at radius 2 is 2.27 bits per heavy atom. The second-order valence-electron chi connectivity index (χ2n) is 3.73. The molecule has 0 saturated carbocycles. The van der Waals surface area contributed by atoms with Crippen molar-refractivity contribution in [2.75, 3.05) is 24.7 Å². The predicted molar refractivity (Wildman–Crippen MR) is 53.9 cm³/mol. The molecule has 5 nitrogen and oxygen atoms in total. The maximum absolute atomic E-state index is 11.4. The normalized spacial score (nSPS) is 29.6. The zero-order chi connectivity index (χ0) is 11.4. The van der Waals surface area contributed by atoms with Crippen LogP contribution in [0, 0.1) is 11.3 Å². The summed E-state index contributed by atoms with van der Waals surface area (Å²) in [6.07, 6.45) is 1.34. The lowest BCUT2D eigenvalue weighted by molar-refractivity contribution is -0.00108. The van der Waals surface area contributed by atoms with E-state index in [1.807, 2.05) is 6.07 Å². The fourth-order valence-electron chi connectivity index (χ4n) is 1.64. The highest BCUT2D eigenvalue weighted by molar-refractivity contribution is 7.91. The van der Waals surface area contributed by atoms with Gasteiger partial charge in [0.05, 0.1) is 24.2 Å². The minimum absolute atomic E-state index is 0.0196. The van der Waals surface area contributed by atoms with E-state index in [0.717, 1.165) is 0 Å². The number of rotatable bonds is 4. The molecule has 1 fully saturated rings. The highest BCUT2D eigenvalue weighted by atomic mass is 32.2. The Morgan fingerprint density at radius 1 is 1.53 bits per heavy atom. The molecule has 1 aliphatic heterocycles. The molecule has 1 saturated heterocycles. The van der Waals surface area contributed by atoms with Crippen molar-refractivity contribution in [2.45, 2.75) is 24.9 Å². The van der Waals surface area contributed by atoms with Gasteiger partial charge in [-0.25, -0.2) is 8.42 Å². The number of ether oxygens (including phenoxy) is 1. The molecule has 1 N–H and O–H groups in total. The molecule has 1 rings (SSSR count). The van der Waals surface area contributed by atoms with E-state index in [2.05, 4.69) is 0 Å². The van der Waals surface area contributed by atoms with Crippen LogP contribution in [-0.2, 0) is 14.6 Å². The van der Waals surface area contributed by atoms with Crippen molar-refractivity contribution in [3.05, 3.63) is 0 Å². The number of hydrogen-bond acceptors (Lipinski definition) is 5. The SMILES string of the molecule is N#CC1(OCCCO)CCCS(=O)(=O)C1. The van der Waals surface area contributed by atoms with E-state index in [9.17, 15) is 8.42 Å². The van der Waals surface area contributed by atoms with Crippen LogP contribution in [0.1, 0.15) is 19.3 Å². The first kappa shape index (κ1) is 12.4. The first-order valence-electron chi connectivity index (χ1n) is 4.90. The van der Waals surface area contributed by atoms with Crippen LogP contribution in [-0.4, -0.2) is 43.8 Å². The van der Waals surface area contributed by atoms with Gasteiger partial charge in [0.1, 0.15) is 0 Å². The monoisotopic (exact) mass is 233 g/mol. The van der Waals surface area contributed by atoms with E-state index in [1.54, 1.807) is 0 Å². The number of aliphatic hydroxyl groups is 1. The van der Waals surface area contributed by atoms with Crippen molar-refractivity contribution in [3.8, 4) is 6.07 Å². The van der Waals surface area contributed by atoms with Crippen LogP contribution in [0.3, 0.4) is 0 Å². The Bertz CT molecular complexity index is 346. The third kappa shape index (κ3) is 3.45. The van der Waals surface area contributed by atoms with Crippen molar-refractivity contribution in [3.63, 3.8) is 0 Å². The second-order valence-corrected chi connectivity index (χ2v) is 5.91. The fourth-order valence-corrected chi connectivity index (χ4v) is 3.37. The molecule has 0 aromatic heterocycles. The molecule has 1 aliphatic rings. The molecule has 0 radical (unpaired) electrons. The Balaban J connectivity index is 2.64. The Morgan fingerprint density at radius 3 is 2.80 bits per heavy atom. The number of hydrogen-bond donors (Lipinski definition) is 1. The number of aliphatic hydroxyl groups excluding tert-OH is 1. The Hall–Kier alpha value is -0.640. The lowest BCUT2D eigenvalue weighted by Gasteiger charge is -2.30. The van der Waals surface area contributed by atoms with Crippen molar-refractivity contribution in [1.82, 2.24) is 0 Å². The standard InChI is InChI=1S/C9H15NO4S/c10-7-9(14-5-2-4-11)3-1-6-15(12,13)8-9/h11H,1-6,8H2. The quantitative estimate of drug-likeness (QED) is 0.683. The highest BCUT2D eigenvalue weighted by Crippen LogP contribution is 2.26. The molecule has 1 atom stereocenters. The summed E-state index contributed by atoms with van der Waals surface area (Å²) in [6, 6.07) is 1.95. The van der Waals surface area contributed by atoms with E-state index >= 15 is 0 Å². The van der Waals surface area contributed by atoms with Gasteiger partial charge in [0, 0.05) is 6.61 Å². The molecule has 1 unspecified atom stereocenters. The van der Waals surface area contributed by atoms with Crippen LogP contribution in [0.4, 0.5) is 0 Å². The smallest absolute Gasteiger partial charge is 0.168 e. The summed E-state index contributed by atoms with van der Waals surface area (Å²) in [4.78, 5) is 0. The third-order valence-corrected chi connectivity index (χ3v) is 4.19. The van der Waals surface area contributed by atoms with Crippen molar-refractivity contribution >= 4 is 9.84 Å². The van der Waals surface area contributed by atoms with Crippen LogP contribution in [0.5, 0.6) is 0 Å². The topological polar surface area (TPSA) is 87.4 Å². The maximum atomic E-state index is 11.4. The summed E-state index contributed by atoms with van der Waals surface area (Å²) in [7, 11) is -3.15. The van der Waals surface area contributed by atoms with Gasteiger partial charge in [-0.3, -0.25) is 0 Å². The Labute approximate surface area is 89.6 Å². The largest absolute Gasteiger partial charge is 0.396 e. The number of nitriles is 1. The number of sulfone groups is 1. The molecule has 0 aliphatic carbocycles. The zero-order valence-corrected chi connectivity index (χ0v) is 9.29. The summed E-state index contributed by atoms with van der Waals surface area (Å²) in [5, 5.41) is 17.5. The van der Waals surface area contributed by atoms with E-state index in [1.165, 1.54) is 0 Å². The van der Waals surface area contributed by atoms with Crippen molar-refractivity contribution in [2.24, 2.45) is 0 Å². The van der Waals surface area contributed by atoms with Gasteiger partial charge >= 0.3 is 0 Å². The molecule has 15 heavy (non-hydrogen) atoms. The molecule has 0 aromatic rings. The van der Waals surface area contributed by atoms with E-state index < -0.39 is 15.4 Å². The van der Waals surface area contributed by atoms with Crippen molar-refractivity contribution < 1.29 is 18.3 Å². The molecule has 86 valence electrons. The molecule has 0 bridgehead atoms. The van der Waals surface area contributed by atoms with Gasteiger partial charge < -0.3 is 9.84 Å². The summed E-state index contributed by atoms with van der Waals surface area (Å²) in [5.74, 6) is -0.0816. The summed E-state index contributed by atoms with van der Waals surface area (Å²) in [6.45, 7) is 0.202. The first-order valence-corrected chi connectivity index (χ1v) is 6.72. The molecular formula is C9H15NO4S. The van der Waals surface area contributed by atoms with Gasteiger partial charge in [-0.05, 0) is 19.3 Å². The van der Waals surface area contributed by atoms with Crippen LogP contribution in [0.2, 0.25) is 0 Å². The van der Waals surface area contributed by atoms with Crippen LogP contribution in [0.15, 0.2) is 0 Å². The van der Waals surface area contributed by atoms with E-state index in [-0.39, 0.29) is 24.7 Å². The first-order chi connectivity index (χ1) is 7.04. The van der Waals surface area contributed by atoms with E-state index in [0.29, 0.717) is 19.3 Å². The van der Waals surface area contributed by atoms with E-state index in [4.69, 9.17) is 15.1 Å². The lowest BCUT2D eigenvalue weighted by atomic mass is 10.0. The van der Waals surface area contributed by atoms with Crippen LogP contribution < -0.4 is 0 Å². The molecular weight excluding hydrogens is 218 g/mol. The minimum atomic E-state index is -3.15. The van der Waals surface area contributed by atoms with Gasteiger partial charge in [-0.2, -0.15) is 5.26 Å². The lowest BCUT2D eigenvalue weighted by Crippen LogP contribution is -2.43. The van der Waals surface area contributed by atoms with Crippen LogP contribution in [0.25, 0.3) is 0 Å². The van der Waals surface area contributed by atoms with Gasteiger partial charge in [0.2, 0.25) is 0 Å². The van der Waals surface area contributed by atoms with Gasteiger partial charge in [-0.1, -0.05) is 0 Å². The average molecular weight is 233 g/mol. The van der Waals surface area contributed by atoms with Crippen molar-refractivity contribution in [1.29, 1.82) is 5.26 Å². The van der Waals surface area contributed by atoms with Gasteiger partial charge in [0.25, 0.3) is 0 Å². The summed E-state index contributed by atoms with van der Waals surface area (Å²) >= 11 is 0. The highest BCUT2D eigenvalue weighted by Gasteiger charge is 2.40. The molecule has 0 spiro atoms. The zero-order valence-electron chi connectivity index (χ0n) is 8.48. The predicted octanol–water partition coefficient (Wildman–Crippen LogP) is -0.144. The number of nitrogens with zero attached hydrogens (tertiary/aromatic N) is 1. The average Bonchev–Trinajstić information content (AvgIpc) is 2.17. The minimum Gasteiger partial charge on any atom is -0.396 e. The van der Waals surface area contributed by atoms with Gasteiger partial charge in [-0.15, -0.1) is 0 Å². The molecule has 0 aromatic carbocycles. The summed E-state index contributed by atoms with van der Waals surface area (Å²) < 4.78 is 28.1. The summed E-state index contributed by atoms with van der Waals surface area (Å²) in [5.41, 5.74) is -1.19. The van der Waals surface area contributed by atoms with Crippen LogP contribution >= 0.6 is 0 Å². The third-order valence-electron chi connectivity index (χ3n) is 2.37. The fraction of sp³-hybridized carbons (Fsp3) is 0.889. The Kier molecular flexibility index (Phi) is 4.08.